The van der Waals surface area contributed by atoms with Crippen molar-refractivity contribution in [2.75, 3.05) is 13.2 Å². The first-order valence-electron chi connectivity index (χ1n) is 4.72. The molecule has 0 amide bonds. The Morgan fingerprint density at radius 2 is 1.47 bits per heavy atom. The summed E-state index contributed by atoms with van der Waals surface area (Å²) in [4.78, 5) is 0. The summed E-state index contributed by atoms with van der Waals surface area (Å²) in [7, 11) is 0. The first kappa shape index (κ1) is 11.3. The molecule has 82 valence electrons. The van der Waals surface area contributed by atoms with Crippen molar-refractivity contribution in [3.05, 3.63) is 23.7 Å². The Morgan fingerprint density at radius 3 is 1.80 bits per heavy atom. The molecule has 0 bridgehead atoms. The number of hydrogen-bond donors (Lipinski definition) is 2. The lowest BCUT2D eigenvalue weighted by Crippen LogP contribution is -2.05. The van der Waals surface area contributed by atoms with Gasteiger partial charge in [0.25, 0.3) is 0 Å². The molecule has 15 heavy (non-hydrogen) atoms. The molecule has 0 fully saturated rings. The van der Waals surface area contributed by atoms with E-state index in [0.29, 0.717) is 24.7 Å². The van der Waals surface area contributed by atoms with E-state index in [9.17, 15) is 0 Å². The molecule has 0 unspecified atom stereocenters. The third-order valence-corrected chi connectivity index (χ3v) is 1.63. The fraction of sp³-hybridized carbons (Fsp3) is 0.400. The van der Waals surface area contributed by atoms with Crippen LogP contribution in [-0.4, -0.2) is 25.0 Å². The molecule has 1 rings (SSSR count). The minimum atomic E-state index is -0.0342. The average molecular weight is 210 g/mol. The fourth-order valence-electron chi connectivity index (χ4n) is 1.01. The summed E-state index contributed by atoms with van der Waals surface area (Å²) in [5, 5.41) is 14.9. The summed E-state index contributed by atoms with van der Waals surface area (Å²) in [5.41, 5.74) is 0. The SMILES string of the molecule is CCOC(=N)c1ccc(C(=N)OCC)o1. The maximum absolute atomic E-state index is 7.46. The van der Waals surface area contributed by atoms with Crippen molar-refractivity contribution in [3.63, 3.8) is 0 Å². The van der Waals surface area contributed by atoms with Gasteiger partial charge >= 0.3 is 0 Å². The molecule has 1 aromatic rings. The Balaban J connectivity index is 2.71. The molecule has 0 atom stereocenters. The zero-order chi connectivity index (χ0) is 11.3. The highest BCUT2D eigenvalue weighted by molar-refractivity contribution is 5.92. The van der Waals surface area contributed by atoms with E-state index in [1.54, 1.807) is 26.0 Å². The highest BCUT2D eigenvalue weighted by atomic mass is 16.5. The zero-order valence-electron chi connectivity index (χ0n) is 8.79. The molecule has 0 radical (unpaired) electrons. The molecular formula is C10H14N2O3. The van der Waals surface area contributed by atoms with Crippen molar-refractivity contribution < 1.29 is 13.9 Å². The first-order valence-corrected chi connectivity index (χ1v) is 4.72. The molecule has 1 aromatic heterocycles. The number of furan rings is 1. The summed E-state index contributed by atoms with van der Waals surface area (Å²) in [6.07, 6.45) is 0. The lowest BCUT2D eigenvalue weighted by Gasteiger charge is -2.02. The highest BCUT2D eigenvalue weighted by Gasteiger charge is 2.12. The number of hydrogen-bond acceptors (Lipinski definition) is 5. The predicted octanol–water partition coefficient (Wildman–Crippen LogP) is 2.00. The standard InChI is InChI=1S/C10H14N2O3/c1-3-13-9(11)7-5-6-8(15-7)10(12)14-4-2/h5-6,11-12H,3-4H2,1-2H3. The Hall–Kier alpha value is -1.78. The van der Waals surface area contributed by atoms with Crippen LogP contribution in [0.2, 0.25) is 0 Å². The van der Waals surface area contributed by atoms with Crippen LogP contribution >= 0.6 is 0 Å². The molecular weight excluding hydrogens is 196 g/mol. The third-order valence-electron chi connectivity index (χ3n) is 1.63. The van der Waals surface area contributed by atoms with Crippen LogP contribution in [-0.2, 0) is 9.47 Å². The smallest absolute Gasteiger partial charge is 0.250 e. The van der Waals surface area contributed by atoms with E-state index in [2.05, 4.69) is 0 Å². The van der Waals surface area contributed by atoms with Gasteiger partial charge in [-0.2, -0.15) is 0 Å². The van der Waals surface area contributed by atoms with Gasteiger partial charge in [0.2, 0.25) is 11.8 Å². The van der Waals surface area contributed by atoms with Gasteiger partial charge in [-0.3, -0.25) is 10.8 Å². The fourth-order valence-corrected chi connectivity index (χ4v) is 1.01. The molecule has 5 heteroatoms. The minimum Gasteiger partial charge on any atom is -0.476 e. The third kappa shape index (κ3) is 2.83. The van der Waals surface area contributed by atoms with Crippen LogP contribution < -0.4 is 0 Å². The Bertz CT molecular complexity index is 325. The van der Waals surface area contributed by atoms with Crippen molar-refractivity contribution >= 4 is 11.8 Å². The van der Waals surface area contributed by atoms with Gasteiger partial charge in [-0.05, 0) is 26.0 Å². The second-order valence-corrected chi connectivity index (χ2v) is 2.69. The average Bonchev–Trinajstić information content (AvgIpc) is 2.67. The van der Waals surface area contributed by atoms with E-state index in [-0.39, 0.29) is 11.8 Å². The quantitative estimate of drug-likeness (QED) is 0.589. The molecule has 5 nitrogen and oxygen atoms in total. The lowest BCUT2D eigenvalue weighted by atomic mass is 10.4. The normalized spacial score (nSPS) is 9.73. The van der Waals surface area contributed by atoms with Crippen LogP contribution in [0.1, 0.15) is 25.4 Å². The van der Waals surface area contributed by atoms with Gasteiger partial charge in [0.05, 0.1) is 13.2 Å². The van der Waals surface area contributed by atoms with Crippen molar-refractivity contribution in [2.24, 2.45) is 0 Å². The monoisotopic (exact) mass is 210 g/mol. The summed E-state index contributed by atoms with van der Waals surface area (Å²) in [6, 6.07) is 3.17. The predicted molar refractivity (Wildman–Crippen MR) is 55.6 cm³/mol. The van der Waals surface area contributed by atoms with Crippen molar-refractivity contribution in [1.29, 1.82) is 10.8 Å². The first-order chi connectivity index (χ1) is 7.19. The van der Waals surface area contributed by atoms with Gasteiger partial charge in [-0.15, -0.1) is 0 Å². The van der Waals surface area contributed by atoms with Crippen LogP contribution in [0, 0.1) is 10.8 Å². The van der Waals surface area contributed by atoms with Gasteiger partial charge in [-0.1, -0.05) is 0 Å². The van der Waals surface area contributed by atoms with E-state index >= 15 is 0 Å². The molecule has 1 heterocycles. The summed E-state index contributed by atoms with van der Waals surface area (Å²) >= 11 is 0. The molecule has 0 aliphatic carbocycles. The molecule has 0 aliphatic heterocycles. The van der Waals surface area contributed by atoms with E-state index in [0.717, 1.165) is 0 Å². The van der Waals surface area contributed by atoms with E-state index in [4.69, 9.17) is 24.7 Å². The van der Waals surface area contributed by atoms with Crippen molar-refractivity contribution in [3.8, 4) is 0 Å². The Labute approximate surface area is 88.0 Å². The zero-order valence-corrected chi connectivity index (χ0v) is 8.79. The topological polar surface area (TPSA) is 79.3 Å². The van der Waals surface area contributed by atoms with Crippen LogP contribution in [0.15, 0.2) is 16.5 Å². The number of rotatable bonds is 4. The lowest BCUT2D eigenvalue weighted by molar-refractivity contribution is 0.306. The minimum absolute atomic E-state index is 0.0342. The Kier molecular flexibility index (Phi) is 3.91. The summed E-state index contributed by atoms with van der Waals surface area (Å²) in [6.45, 7) is 4.41. The maximum Gasteiger partial charge on any atom is 0.250 e. The van der Waals surface area contributed by atoms with Gasteiger partial charge in [0.1, 0.15) is 0 Å². The van der Waals surface area contributed by atoms with Gasteiger partial charge < -0.3 is 13.9 Å². The van der Waals surface area contributed by atoms with E-state index in [1.165, 1.54) is 0 Å². The molecule has 0 aliphatic rings. The van der Waals surface area contributed by atoms with Crippen molar-refractivity contribution in [1.82, 2.24) is 0 Å². The Morgan fingerprint density at radius 1 is 1.07 bits per heavy atom. The van der Waals surface area contributed by atoms with E-state index < -0.39 is 0 Å². The van der Waals surface area contributed by atoms with Gasteiger partial charge in [-0.25, -0.2) is 0 Å². The molecule has 0 aromatic carbocycles. The highest BCUT2D eigenvalue weighted by Crippen LogP contribution is 2.10. The summed E-state index contributed by atoms with van der Waals surface area (Å²) < 4.78 is 15.1. The van der Waals surface area contributed by atoms with Crippen LogP contribution in [0.5, 0.6) is 0 Å². The van der Waals surface area contributed by atoms with E-state index in [1.807, 2.05) is 0 Å². The number of nitrogens with one attached hydrogen (secondary N) is 2. The molecule has 0 saturated heterocycles. The number of ether oxygens (including phenoxy) is 2. The molecule has 2 N–H and O–H groups in total. The van der Waals surface area contributed by atoms with Gasteiger partial charge in [0, 0.05) is 0 Å². The second kappa shape index (κ2) is 5.19. The molecule has 0 spiro atoms. The second-order valence-electron chi connectivity index (χ2n) is 2.69. The van der Waals surface area contributed by atoms with Crippen molar-refractivity contribution in [2.45, 2.75) is 13.8 Å². The van der Waals surface area contributed by atoms with Crippen LogP contribution in [0.4, 0.5) is 0 Å². The van der Waals surface area contributed by atoms with Gasteiger partial charge in [0.15, 0.2) is 11.5 Å². The maximum atomic E-state index is 7.46. The summed E-state index contributed by atoms with van der Waals surface area (Å²) in [5.74, 6) is 0.536. The largest absolute Gasteiger partial charge is 0.476 e. The van der Waals surface area contributed by atoms with Crippen LogP contribution in [0.3, 0.4) is 0 Å². The van der Waals surface area contributed by atoms with Crippen LogP contribution in [0.25, 0.3) is 0 Å². The molecule has 0 saturated carbocycles.